The second kappa shape index (κ2) is 5.16. The molecule has 1 rings (SSSR count). The van der Waals surface area contributed by atoms with Crippen LogP contribution in [0.25, 0.3) is 0 Å². The summed E-state index contributed by atoms with van der Waals surface area (Å²) in [5.74, 6) is 1.17. The predicted octanol–water partition coefficient (Wildman–Crippen LogP) is 1.46. The number of nitrogens with zero attached hydrogens (tertiary/aromatic N) is 2. The molecular weight excluding hydrogens is 214 g/mol. The molecular formula is C10H16ClN3O. The molecule has 5 heteroatoms. The standard InChI is InChI=1S/C10H16ClN3O/c1-7(2)8(6-11)13-9-10(15)14(3)5-4-12-9/h4-5,7-8H,6H2,1-3H3,(H,12,13). The molecule has 0 fully saturated rings. The van der Waals surface area contributed by atoms with Crippen molar-refractivity contribution in [3.8, 4) is 0 Å². The Hall–Kier alpha value is -1.03. The number of hydrogen-bond donors (Lipinski definition) is 1. The van der Waals surface area contributed by atoms with Gasteiger partial charge in [-0.15, -0.1) is 11.6 Å². The van der Waals surface area contributed by atoms with Crippen molar-refractivity contribution >= 4 is 17.4 Å². The lowest BCUT2D eigenvalue weighted by Gasteiger charge is -2.19. The van der Waals surface area contributed by atoms with Gasteiger partial charge in [-0.05, 0) is 5.92 Å². The van der Waals surface area contributed by atoms with Gasteiger partial charge in [0.05, 0.1) is 0 Å². The minimum atomic E-state index is -0.131. The minimum absolute atomic E-state index is 0.0641. The van der Waals surface area contributed by atoms with Crippen LogP contribution in [0.1, 0.15) is 13.8 Å². The molecule has 0 amide bonds. The number of alkyl halides is 1. The Labute approximate surface area is 94.3 Å². The molecule has 1 aromatic heterocycles. The van der Waals surface area contributed by atoms with Crippen LogP contribution in [0.4, 0.5) is 5.82 Å². The number of hydrogen-bond acceptors (Lipinski definition) is 3. The Bertz CT molecular complexity index is 375. The van der Waals surface area contributed by atoms with Crippen LogP contribution in [0.2, 0.25) is 0 Å². The highest BCUT2D eigenvalue weighted by Gasteiger charge is 2.14. The monoisotopic (exact) mass is 229 g/mol. The van der Waals surface area contributed by atoms with Crippen molar-refractivity contribution in [2.75, 3.05) is 11.2 Å². The molecule has 1 aromatic rings. The van der Waals surface area contributed by atoms with Gasteiger partial charge >= 0.3 is 0 Å². The quantitative estimate of drug-likeness (QED) is 0.796. The lowest BCUT2D eigenvalue weighted by Crippen LogP contribution is -2.32. The van der Waals surface area contributed by atoms with Gasteiger partial charge in [0.2, 0.25) is 0 Å². The second-order valence-corrected chi connectivity index (χ2v) is 4.15. The van der Waals surface area contributed by atoms with E-state index in [0.29, 0.717) is 17.6 Å². The van der Waals surface area contributed by atoms with Crippen molar-refractivity contribution in [1.82, 2.24) is 9.55 Å². The maximum Gasteiger partial charge on any atom is 0.293 e. The topological polar surface area (TPSA) is 46.9 Å². The molecule has 0 aliphatic rings. The first-order chi connectivity index (χ1) is 7.06. The molecule has 1 heterocycles. The Kier molecular flexibility index (Phi) is 4.15. The van der Waals surface area contributed by atoms with E-state index in [9.17, 15) is 4.79 Å². The van der Waals surface area contributed by atoms with Gasteiger partial charge in [0.25, 0.3) is 5.56 Å². The molecule has 0 saturated heterocycles. The largest absolute Gasteiger partial charge is 0.361 e. The van der Waals surface area contributed by atoms with E-state index in [-0.39, 0.29) is 11.6 Å². The number of nitrogens with one attached hydrogen (secondary N) is 1. The first-order valence-electron chi connectivity index (χ1n) is 4.90. The van der Waals surface area contributed by atoms with Crippen LogP contribution >= 0.6 is 11.6 Å². The zero-order valence-electron chi connectivity index (χ0n) is 9.20. The molecule has 0 aliphatic carbocycles. The van der Waals surface area contributed by atoms with Crippen molar-refractivity contribution in [2.45, 2.75) is 19.9 Å². The van der Waals surface area contributed by atoms with Gasteiger partial charge in [0, 0.05) is 31.4 Å². The zero-order chi connectivity index (χ0) is 11.4. The van der Waals surface area contributed by atoms with Gasteiger partial charge < -0.3 is 9.88 Å². The van der Waals surface area contributed by atoms with Crippen molar-refractivity contribution in [2.24, 2.45) is 13.0 Å². The average molecular weight is 230 g/mol. The van der Waals surface area contributed by atoms with Crippen LogP contribution in [0.15, 0.2) is 17.2 Å². The normalized spacial score (nSPS) is 12.9. The molecule has 0 saturated carbocycles. The van der Waals surface area contributed by atoms with Gasteiger partial charge in [-0.25, -0.2) is 4.98 Å². The lowest BCUT2D eigenvalue weighted by atomic mass is 10.1. The molecule has 0 aliphatic heterocycles. The summed E-state index contributed by atoms with van der Waals surface area (Å²) in [6.45, 7) is 4.10. The number of halogens is 1. The first-order valence-corrected chi connectivity index (χ1v) is 5.44. The first kappa shape index (κ1) is 12.0. The lowest BCUT2D eigenvalue weighted by molar-refractivity contribution is 0.561. The fourth-order valence-corrected chi connectivity index (χ4v) is 1.59. The fourth-order valence-electron chi connectivity index (χ4n) is 1.16. The van der Waals surface area contributed by atoms with E-state index >= 15 is 0 Å². The maximum absolute atomic E-state index is 11.6. The van der Waals surface area contributed by atoms with Crippen LogP contribution < -0.4 is 10.9 Å². The minimum Gasteiger partial charge on any atom is -0.361 e. The van der Waals surface area contributed by atoms with E-state index in [4.69, 9.17) is 11.6 Å². The highest BCUT2D eigenvalue weighted by molar-refractivity contribution is 6.18. The van der Waals surface area contributed by atoms with E-state index in [0.717, 1.165) is 0 Å². The van der Waals surface area contributed by atoms with Gasteiger partial charge in [-0.3, -0.25) is 4.79 Å². The fraction of sp³-hybridized carbons (Fsp3) is 0.600. The van der Waals surface area contributed by atoms with E-state index in [1.54, 1.807) is 19.4 Å². The highest BCUT2D eigenvalue weighted by Crippen LogP contribution is 2.08. The number of anilines is 1. The van der Waals surface area contributed by atoms with Crippen LogP contribution in [-0.4, -0.2) is 21.5 Å². The Balaban J connectivity index is 2.89. The van der Waals surface area contributed by atoms with Crippen molar-refractivity contribution in [3.63, 3.8) is 0 Å². The summed E-state index contributed by atoms with van der Waals surface area (Å²) in [6.07, 6.45) is 3.22. The molecule has 0 bridgehead atoms. The van der Waals surface area contributed by atoms with Gasteiger partial charge in [-0.2, -0.15) is 0 Å². The molecule has 0 aromatic carbocycles. The van der Waals surface area contributed by atoms with E-state index in [1.165, 1.54) is 4.57 Å². The van der Waals surface area contributed by atoms with Crippen LogP contribution in [0.3, 0.4) is 0 Å². The predicted molar refractivity (Wildman–Crippen MR) is 62.4 cm³/mol. The summed E-state index contributed by atoms with van der Waals surface area (Å²) >= 11 is 5.81. The summed E-state index contributed by atoms with van der Waals surface area (Å²) in [7, 11) is 1.69. The smallest absolute Gasteiger partial charge is 0.293 e. The summed E-state index contributed by atoms with van der Waals surface area (Å²) in [6, 6.07) is 0.0641. The van der Waals surface area contributed by atoms with Gasteiger partial charge in [-0.1, -0.05) is 13.8 Å². The van der Waals surface area contributed by atoms with Crippen LogP contribution in [0, 0.1) is 5.92 Å². The Morgan fingerprint density at radius 2 is 2.27 bits per heavy atom. The molecule has 4 nitrogen and oxygen atoms in total. The van der Waals surface area contributed by atoms with Gasteiger partial charge in [0.1, 0.15) is 0 Å². The third-order valence-electron chi connectivity index (χ3n) is 2.31. The average Bonchev–Trinajstić information content (AvgIpc) is 2.19. The summed E-state index contributed by atoms with van der Waals surface area (Å²) < 4.78 is 1.49. The molecule has 15 heavy (non-hydrogen) atoms. The van der Waals surface area contributed by atoms with Crippen LogP contribution in [-0.2, 0) is 7.05 Å². The third kappa shape index (κ3) is 2.96. The maximum atomic E-state index is 11.6. The van der Waals surface area contributed by atoms with Gasteiger partial charge in [0.15, 0.2) is 5.82 Å². The third-order valence-corrected chi connectivity index (χ3v) is 2.64. The Morgan fingerprint density at radius 1 is 1.60 bits per heavy atom. The van der Waals surface area contributed by atoms with E-state index in [2.05, 4.69) is 10.3 Å². The molecule has 1 unspecified atom stereocenters. The van der Waals surface area contributed by atoms with E-state index in [1.807, 2.05) is 13.8 Å². The number of rotatable bonds is 4. The number of aromatic nitrogens is 2. The second-order valence-electron chi connectivity index (χ2n) is 3.84. The van der Waals surface area contributed by atoms with Crippen molar-refractivity contribution in [1.29, 1.82) is 0 Å². The zero-order valence-corrected chi connectivity index (χ0v) is 9.95. The summed E-state index contributed by atoms with van der Waals surface area (Å²) in [4.78, 5) is 15.6. The molecule has 0 spiro atoms. The molecule has 1 N–H and O–H groups in total. The molecule has 84 valence electrons. The van der Waals surface area contributed by atoms with E-state index < -0.39 is 0 Å². The van der Waals surface area contributed by atoms with Crippen molar-refractivity contribution in [3.05, 3.63) is 22.7 Å². The Morgan fingerprint density at radius 3 is 2.80 bits per heavy atom. The summed E-state index contributed by atoms with van der Waals surface area (Å²) in [5, 5.41) is 3.06. The summed E-state index contributed by atoms with van der Waals surface area (Å²) in [5.41, 5.74) is -0.131. The highest BCUT2D eigenvalue weighted by atomic mass is 35.5. The molecule has 1 atom stereocenters. The molecule has 0 radical (unpaired) electrons. The SMILES string of the molecule is CC(C)C(CCl)Nc1nccn(C)c1=O. The van der Waals surface area contributed by atoms with Crippen LogP contribution in [0.5, 0.6) is 0 Å². The van der Waals surface area contributed by atoms with Crippen molar-refractivity contribution < 1.29 is 0 Å². The number of aryl methyl sites for hydroxylation is 1.